The molecule has 0 saturated carbocycles. The van der Waals surface area contributed by atoms with Crippen LogP contribution in [0.1, 0.15) is 34.5 Å². The lowest BCUT2D eigenvalue weighted by molar-refractivity contribution is 0.0953. The lowest BCUT2D eigenvalue weighted by Gasteiger charge is -2.20. The first kappa shape index (κ1) is 20.6. The highest BCUT2D eigenvalue weighted by molar-refractivity contribution is 5.94. The molecule has 0 fully saturated rings. The van der Waals surface area contributed by atoms with Crippen molar-refractivity contribution in [1.82, 2.24) is 29.2 Å². The predicted molar refractivity (Wildman–Crippen MR) is 120 cm³/mol. The van der Waals surface area contributed by atoms with Crippen LogP contribution in [0.25, 0.3) is 5.65 Å². The molecule has 8 heteroatoms. The fraction of sp³-hybridized carbons (Fsp3) is 0.304. The zero-order valence-electron chi connectivity index (χ0n) is 18.1. The molecule has 1 N–H and O–H groups in total. The summed E-state index contributed by atoms with van der Waals surface area (Å²) in [5.41, 5.74) is 3.37. The van der Waals surface area contributed by atoms with Crippen LogP contribution in [0.15, 0.2) is 55.1 Å². The van der Waals surface area contributed by atoms with E-state index in [0.29, 0.717) is 25.1 Å². The molecule has 4 aromatic heterocycles. The summed E-state index contributed by atoms with van der Waals surface area (Å²) < 4.78 is 4.00. The van der Waals surface area contributed by atoms with Crippen LogP contribution in [-0.4, -0.2) is 43.4 Å². The van der Waals surface area contributed by atoms with Crippen molar-refractivity contribution in [2.45, 2.75) is 26.3 Å². The van der Waals surface area contributed by atoms with Gasteiger partial charge in [0.1, 0.15) is 17.3 Å². The van der Waals surface area contributed by atoms with E-state index < -0.39 is 0 Å². The second kappa shape index (κ2) is 8.99. The Balaban J connectivity index is 1.55. The number of fused-ring (bicyclic) bond motifs is 1. The maximum Gasteiger partial charge on any atom is 0.252 e. The third-order valence-electron chi connectivity index (χ3n) is 5.31. The molecule has 0 aliphatic rings. The van der Waals surface area contributed by atoms with Crippen LogP contribution in [0.3, 0.4) is 0 Å². The van der Waals surface area contributed by atoms with E-state index in [1.165, 1.54) is 0 Å². The lowest BCUT2D eigenvalue weighted by Crippen LogP contribution is -2.26. The largest absolute Gasteiger partial charge is 0.352 e. The van der Waals surface area contributed by atoms with Gasteiger partial charge in [-0.3, -0.25) is 14.2 Å². The van der Waals surface area contributed by atoms with Crippen molar-refractivity contribution in [1.29, 1.82) is 0 Å². The minimum absolute atomic E-state index is 0.109. The maximum atomic E-state index is 12.7. The van der Waals surface area contributed by atoms with E-state index >= 15 is 0 Å². The average molecular weight is 418 g/mol. The molecule has 4 heterocycles. The SMILES string of the molecule is CCc1nc2ccc(C(=O)NCCc3ccccn3)cn2c1N(C)Cc1nccn1C. The number of carbonyl (C=O) groups is 1. The van der Waals surface area contributed by atoms with Gasteiger partial charge in [-0.15, -0.1) is 0 Å². The first-order valence-corrected chi connectivity index (χ1v) is 10.4. The van der Waals surface area contributed by atoms with Crippen LogP contribution in [0, 0.1) is 0 Å². The van der Waals surface area contributed by atoms with E-state index in [1.54, 1.807) is 12.4 Å². The van der Waals surface area contributed by atoms with Crippen LogP contribution in [-0.2, 0) is 26.4 Å². The summed E-state index contributed by atoms with van der Waals surface area (Å²) in [6.45, 7) is 3.26. The van der Waals surface area contributed by atoms with Crippen LogP contribution in [0.5, 0.6) is 0 Å². The topological polar surface area (TPSA) is 80.4 Å². The molecule has 0 saturated heterocycles. The Hall–Kier alpha value is -3.68. The van der Waals surface area contributed by atoms with E-state index in [0.717, 1.165) is 35.1 Å². The molecule has 0 bridgehead atoms. The first-order chi connectivity index (χ1) is 15.1. The Labute approximate surface area is 181 Å². The normalized spacial score (nSPS) is 11.1. The van der Waals surface area contributed by atoms with Gasteiger partial charge in [-0.2, -0.15) is 0 Å². The molecule has 1 amide bonds. The number of rotatable bonds is 8. The highest BCUT2D eigenvalue weighted by Crippen LogP contribution is 2.24. The number of aromatic nitrogens is 5. The Bertz CT molecular complexity index is 1180. The minimum atomic E-state index is -0.109. The Morgan fingerprint density at radius 1 is 1.16 bits per heavy atom. The number of amides is 1. The van der Waals surface area contributed by atoms with Gasteiger partial charge in [-0.05, 0) is 30.7 Å². The molecule has 4 rings (SSSR count). The molecule has 0 unspecified atom stereocenters. The summed E-state index contributed by atoms with van der Waals surface area (Å²) in [6.07, 6.45) is 8.85. The zero-order chi connectivity index (χ0) is 21.8. The number of nitrogens with one attached hydrogen (secondary N) is 1. The van der Waals surface area contributed by atoms with E-state index in [1.807, 2.05) is 65.8 Å². The number of nitrogens with zero attached hydrogens (tertiary/aromatic N) is 6. The van der Waals surface area contributed by atoms with E-state index in [4.69, 9.17) is 4.98 Å². The van der Waals surface area contributed by atoms with Crippen molar-refractivity contribution < 1.29 is 4.79 Å². The minimum Gasteiger partial charge on any atom is -0.352 e. The van der Waals surface area contributed by atoms with Gasteiger partial charge in [0.2, 0.25) is 0 Å². The summed E-state index contributed by atoms with van der Waals surface area (Å²) in [5, 5.41) is 2.99. The summed E-state index contributed by atoms with van der Waals surface area (Å²) in [7, 11) is 4.01. The smallest absolute Gasteiger partial charge is 0.252 e. The van der Waals surface area contributed by atoms with E-state index in [2.05, 4.69) is 27.1 Å². The summed E-state index contributed by atoms with van der Waals surface area (Å²) in [4.78, 5) is 28.4. The third kappa shape index (κ3) is 4.42. The molecule has 8 nitrogen and oxygen atoms in total. The number of aryl methyl sites for hydroxylation is 2. The van der Waals surface area contributed by atoms with Crippen molar-refractivity contribution in [3.05, 3.63) is 77.9 Å². The fourth-order valence-corrected chi connectivity index (χ4v) is 3.64. The lowest BCUT2D eigenvalue weighted by atomic mass is 10.2. The second-order valence-corrected chi connectivity index (χ2v) is 7.52. The molecular formula is C23H27N7O. The number of hydrogen-bond acceptors (Lipinski definition) is 5. The number of pyridine rings is 2. The van der Waals surface area contributed by atoms with Gasteiger partial charge in [0.25, 0.3) is 5.91 Å². The molecule has 0 aromatic carbocycles. The molecule has 160 valence electrons. The highest BCUT2D eigenvalue weighted by Gasteiger charge is 2.18. The van der Waals surface area contributed by atoms with Crippen molar-refractivity contribution in [3.63, 3.8) is 0 Å². The van der Waals surface area contributed by atoms with Crippen molar-refractivity contribution in [2.75, 3.05) is 18.5 Å². The first-order valence-electron chi connectivity index (χ1n) is 10.4. The molecule has 0 atom stereocenters. The Morgan fingerprint density at radius 2 is 2.03 bits per heavy atom. The monoisotopic (exact) mass is 417 g/mol. The van der Waals surface area contributed by atoms with Crippen molar-refractivity contribution >= 4 is 17.4 Å². The van der Waals surface area contributed by atoms with E-state index in [9.17, 15) is 4.79 Å². The van der Waals surface area contributed by atoms with Gasteiger partial charge in [0, 0.05) is 57.5 Å². The number of imidazole rings is 2. The quantitative estimate of drug-likeness (QED) is 0.477. The Kier molecular flexibility index (Phi) is 5.97. The van der Waals surface area contributed by atoms with Crippen molar-refractivity contribution in [3.8, 4) is 0 Å². The molecular weight excluding hydrogens is 390 g/mol. The van der Waals surface area contributed by atoms with Crippen LogP contribution < -0.4 is 10.2 Å². The van der Waals surface area contributed by atoms with Gasteiger partial charge in [-0.25, -0.2) is 9.97 Å². The Morgan fingerprint density at radius 3 is 2.74 bits per heavy atom. The maximum absolute atomic E-state index is 12.7. The van der Waals surface area contributed by atoms with E-state index in [-0.39, 0.29) is 5.91 Å². The molecule has 0 aliphatic carbocycles. The molecule has 0 aliphatic heterocycles. The van der Waals surface area contributed by atoms with Gasteiger partial charge in [0.15, 0.2) is 0 Å². The standard InChI is InChI=1S/C23H27N7O/c1-4-19-23(29(3)16-21-25-13-14-28(21)2)30-15-17(8-9-20(30)27-19)22(31)26-12-10-18-7-5-6-11-24-18/h5-9,11,13-15H,4,10,12,16H2,1-3H3,(H,26,31). The summed E-state index contributed by atoms with van der Waals surface area (Å²) in [5.74, 6) is 1.83. The molecule has 0 radical (unpaired) electrons. The summed E-state index contributed by atoms with van der Waals surface area (Å²) >= 11 is 0. The average Bonchev–Trinajstić information content (AvgIpc) is 3.36. The molecule has 0 spiro atoms. The molecule has 4 aromatic rings. The summed E-state index contributed by atoms with van der Waals surface area (Å²) in [6, 6.07) is 9.51. The van der Waals surface area contributed by atoms with Crippen LogP contribution >= 0.6 is 0 Å². The van der Waals surface area contributed by atoms with Gasteiger partial charge >= 0.3 is 0 Å². The highest BCUT2D eigenvalue weighted by atomic mass is 16.1. The zero-order valence-corrected chi connectivity index (χ0v) is 18.1. The fourth-order valence-electron chi connectivity index (χ4n) is 3.64. The van der Waals surface area contributed by atoms with Crippen LogP contribution in [0.2, 0.25) is 0 Å². The number of anilines is 1. The third-order valence-corrected chi connectivity index (χ3v) is 5.31. The molecule has 31 heavy (non-hydrogen) atoms. The van der Waals surface area contributed by atoms with Crippen molar-refractivity contribution in [2.24, 2.45) is 7.05 Å². The second-order valence-electron chi connectivity index (χ2n) is 7.52. The number of hydrogen-bond donors (Lipinski definition) is 1. The van der Waals surface area contributed by atoms with Gasteiger partial charge in [0.05, 0.1) is 17.8 Å². The predicted octanol–water partition coefficient (Wildman–Crippen LogP) is 2.63. The van der Waals surface area contributed by atoms with Gasteiger partial charge in [-0.1, -0.05) is 13.0 Å². The number of carbonyl (C=O) groups excluding carboxylic acids is 1. The van der Waals surface area contributed by atoms with Gasteiger partial charge < -0.3 is 14.8 Å². The van der Waals surface area contributed by atoms with Crippen LogP contribution in [0.4, 0.5) is 5.82 Å².